The molecule has 3 aromatic carbocycles. The number of thiophene rings is 2. The zero-order chi connectivity index (χ0) is 43.8. The number of hydrogen-bond acceptors (Lipinski definition) is 11. The largest absolute Gasteiger partial charge is 0.453 e. The molecule has 6 heterocycles. The zero-order valence-corrected chi connectivity index (χ0v) is 37.2. The Morgan fingerprint density at radius 3 is 2.08 bits per heavy atom. The van der Waals surface area contributed by atoms with Crippen molar-refractivity contribution in [1.82, 2.24) is 35.7 Å². The maximum atomic E-state index is 13.9. The Morgan fingerprint density at radius 1 is 0.762 bits per heavy atom. The highest BCUT2D eigenvalue weighted by Crippen LogP contribution is 2.43. The van der Waals surface area contributed by atoms with Crippen LogP contribution in [0, 0.1) is 5.92 Å². The molecule has 2 fully saturated rings. The first kappa shape index (κ1) is 42.1. The number of likely N-dealkylation sites (tertiary alicyclic amines) is 2. The van der Waals surface area contributed by atoms with Gasteiger partial charge >= 0.3 is 12.2 Å². The topological polar surface area (TPSA) is 170 Å². The third-order valence-corrected chi connectivity index (χ3v) is 14.7. The minimum Gasteiger partial charge on any atom is -0.453 e. The van der Waals surface area contributed by atoms with E-state index in [0.29, 0.717) is 25.2 Å². The van der Waals surface area contributed by atoms with Gasteiger partial charge in [-0.1, -0.05) is 74.5 Å². The number of H-pyrrole nitrogens is 1. The van der Waals surface area contributed by atoms with Gasteiger partial charge in [-0.3, -0.25) is 14.6 Å². The summed E-state index contributed by atoms with van der Waals surface area (Å²) >= 11 is 3.54. The molecule has 0 saturated carbocycles. The van der Waals surface area contributed by atoms with E-state index in [1.807, 2.05) is 60.0 Å². The second-order valence-corrected chi connectivity index (χ2v) is 18.7. The summed E-state index contributed by atoms with van der Waals surface area (Å²) in [5.41, 5.74) is 5.84. The first-order valence-corrected chi connectivity index (χ1v) is 23.0. The first-order chi connectivity index (χ1) is 30.6. The van der Waals surface area contributed by atoms with Crippen molar-refractivity contribution >= 4 is 72.9 Å². The lowest BCUT2D eigenvalue weighted by molar-refractivity contribution is -0.135. The van der Waals surface area contributed by atoms with Crippen LogP contribution < -0.4 is 16.0 Å². The Hall–Kier alpha value is -6.26. The van der Waals surface area contributed by atoms with Gasteiger partial charge in [-0.25, -0.2) is 14.6 Å². The predicted octanol–water partition coefficient (Wildman–Crippen LogP) is 8.35. The number of alkyl carbamates (subject to hydrolysis) is 2. The van der Waals surface area contributed by atoms with Gasteiger partial charge in [0.1, 0.15) is 23.7 Å². The number of fused-ring (bicyclic) bond motifs is 2. The maximum Gasteiger partial charge on any atom is 0.407 e. The van der Waals surface area contributed by atoms with Crippen molar-refractivity contribution in [3.8, 4) is 20.9 Å². The van der Waals surface area contributed by atoms with E-state index in [0.717, 1.165) is 65.1 Å². The second-order valence-electron chi connectivity index (χ2n) is 16.6. The number of nitrogens with one attached hydrogen (secondary N) is 4. The molecule has 0 bridgehead atoms. The van der Waals surface area contributed by atoms with E-state index in [9.17, 15) is 19.2 Å². The Balaban J connectivity index is 0.849. The van der Waals surface area contributed by atoms with Crippen molar-refractivity contribution in [3.05, 3.63) is 102 Å². The van der Waals surface area contributed by atoms with Crippen LogP contribution in [0.25, 0.3) is 41.3 Å². The van der Waals surface area contributed by atoms with Crippen molar-refractivity contribution < 1.29 is 28.7 Å². The Labute approximate surface area is 373 Å². The van der Waals surface area contributed by atoms with E-state index in [-0.39, 0.29) is 35.9 Å². The van der Waals surface area contributed by atoms with Crippen molar-refractivity contribution in [2.45, 2.75) is 69.7 Å². The highest BCUT2D eigenvalue weighted by atomic mass is 32.1. The van der Waals surface area contributed by atoms with Gasteiger partial charge in [-0.15, -0.1) is 22.7 Å². The molecule has 4 amide bonds. The third-order valence-electron chi connectivity index (χ3n) is 12.3. The number of aromatic amines is 1. The molecule has 63 heavy (non-hydrogen) atoms. The molecule has 326 valence electrons. The van der Waals surface area contributed by atoms with Gasteiger partial charge in [-0.05, 0) is 78.1 Å². The lowest BCUT2D eigenvalue weighted by Crippen LogP contribution is -2.51. The maximum absolute atomic E-state index is 13.9. The predicted molar refractivity (Wildman–Crippen MR) is 246 cm³/mol. The average molecular weight is 887 g/mol. The standard InChI is InChI=1S/C47H50N8O6S2/c1-26(2)40(52-46(58)60-3)44(56)55-21-9-13-35(55)43-49-31-19-18-30(22-32(31)50-43)37-24-39-38(63-37)23-36(62-39)28-16-14-27(15-17-28)33-25-48-42(51-33)34-12-8-20-54(34)45(57)41(53-47(59)61-4)29-10-6-5-7-11-29/h5-7,10-11,14-19,22-24,26,33-35,40-41H,8-9,12-13,20-21,25H2,1-4H3,(H,48,51)(H,49,50)(H,52,58)(H,53,59)/t33?,34-,35-,40-,41+/m0/s1. The molecule has 14 nitrogen and oxygen atoms in total. The summed E-state index contributed by atoms with van der Waals surface area (Å²) in [6, 6.07) is 26.7. The molecular weight excluding hydrogens is 837 g/mol. The molecule has 4 N–H and O–H groups in total. The molecule has 5 atom stereocenters. The number of amidine groups is 1. The molecule has 6 aromatic rings. The fraction of sp³-hybridized carbons (Fsp3) is 0.362. The monoisotopic (exact) mass is 886 g/mol. The molecule has 9 rings (SSSR count). The minimum atomic E-state index is -0.859. The number of benzene rings is 3. The van der Waals surface area contributed by atoms with Gasteiger partial charge in [0.15, 0.2) is 0 Å². The van der Waals surface area contributed by atoms with E-state index in [2.05, 4.69) is 69.5 Å². The number of hydrogen-bond donors (Lipinski definition) is 4. The number of nitrogens with zero attached hydrogens (tertiary/aromatic N) is 4. The number of aliphatic imine (C=N–C) groups is 1. The normalized spacial score (nSPS) is 19.6. The number of aromatic nitrogens is 2. The van der Waals surface area contributed by atoms with Gasteiger partial charge in [0.2, 0.25) is 5.91 Å². The summed E-state index contributed by atoms with van der Waals surface area (Å²) in [5.74, 6) is 1.15. The van der Waals surface area contributed by atoms with Crippen molar-refractivity contribution in [2.24, 2.45) is 10.9 Å². The first-order valence-electron chi connectivity index (χ1n) is 21.4. The highest BCUT2D eigenvalue weighted by Gasteiger charge is 2.40. The summed E-state index contributed by atoms with van der Waals surface area (Å²) in [6.45, 7) is 5.58. The van der Waals surface area contributed by atoms with E-state index in [1.165, 1.54) is 33.4 Å². The fourth-order valence-electron chi connectivity index (χ4n) is 8.97. The summed E-state index contributed by atoms with van der Waals surface area (Å²) in [5, 5.41) is 9.07. The average Bonchev–Trinajstić information content (AvgIpc) is 4.16. The molecule has 0 spiro atoms. The van der Waals surface area contributed by atoms with Gasteiger partial charge in [0.25, 0.3) is 5.91 Å². The molecule has 16 heteroatoms. The SMILES string of the molecule is COC(=O)N[C@H](C(=O)N1CCC[C@H]1c1nc2ccc(-c3cc4sc(-c5ccc(C6CN=C([C@@H]7CCCN7C(=O)[C@H](NC(=O)OC)c7ccccc7)N6)cc5)cc4s3)cc2[nH]1)C(C)C. The van der Waals surface area contributed by atoms with Crippen LogP contribution >= 0.6 is 22.7 Å². The van der Waals surface area contributed by atoms with Crippen molar-refractivity contribution in [3.63, 3.8) is 0 Å². The lowest BCUT2D eigenvalue weighted by atomic mass is 10.0. The fourth-order valence-corrected chi connectivity index (χ4v) is 11.4. The Kier molecular flexibility index (Phi) is 11.9. The number of carbonyl (C=O) groups excluding carboxylic acids is 4. The number of imidazole rings is 1. The summed E-state index contributed by atoms with van der Waals surface area (Å²) < 4.78 is 12.1. The summed E-state index contributed by atoms with van der Waals surface area (Å²) in [4.78, 5) is 71.2. The van der Waals surface area contributed by atoms with Gasteiger partial charge in [0, 0.05) is 32.2 Å². The van der Waals surface area contributed by atoms with Gasteiger partial charge in [0.05, 0.1) is 49.9 Å². The third kappa shape index (κ3) is 8.48. The van der Waals surface area contributed by atoms with Crippen LogP contribution in [0.15, 0.2) is 89.9 Å². The molecule has 3 aliphatic rings. The van der Waals surface area contributed by atoms with Crippen LogP contribution in [0.3, 0.4) is 0 Å². The van der Waals surface area contributed by atoms with Gasteiger partial charge < -0.3 is 40.2 Å². The minimum absolute atomic E-state index is 0.00504. The number of carbonyl (C=O) groups is 4. The van der Waals surface area contributed by atoms with Crippen LogP contribution in [0.4, 0.5) is 9.59 Å². The molecule has 3 aliphatic heterocycles. The van der Waals surface area contributed by atoms with Crippen molar-refractivity contribution in [2.75, 3.05) is 33.9 Å². The van der Waals surface area contributed by atoms with Crippen LogP contribution in [0.2, 0.25) is 0 Å². The quantitative estimate of drug-likeness (QED) is 0.101. The van der Waals surface area contributed by atoms with Crippen molar-refractivity contribution in [1.29, 1.82) is 0 Å². The van der Waals surface area contributed by atoms with Crippen LogP contribution in [-0.4, -0.2) is 95.5 Å². The molecule has 3 aromatic heterocycles. The van der Waals surface area contributed by atoms with Crippen LogP contribution in [0.1, 0.15) is 74.6 Å². The number of methoxy groups -OCH3 is 2. The van der Waals surface area contributed by atoms with E-state index < -0.39 is 24.3 Å². The molecule has 1 unspecified atom stereocenters. The van der Waals surface area contributed by atoms with E-state index in [1.54, 1.807) is 22.7 Å². The van der Waals surface area contributed by atoms with Crippen LogP contribution in [-0.2, 0) is 19.1 Å². The van der Waals surface area contributed by atoms with Gasteiger partial charge in [-0.2, -0.15) is 0 Å². The Morgan fingerprint density at radius 2 is 1.40 bits per heavy atom. The Bertz CT molecular complexity index is 2660. The summed E-state index contributed by atoms with van der Waals surface area (Å²) in [7, 11) is 2.59. The second kappa shape index (κ2) is 17.8. The molecule has 0 aliphatic carbocycles. The number of ether oxygens (including phenoxy) is 2. The smallest absolute Gasteiger partial charge is 0.407 e. The molecule has 0 radical (unpaired) electrons. The molecule has 2 saturated heterocycles. The number of amides is 4. The zero-order valence-electron chi connectivity index (χ0n) is 35.6. The highest BCUT2D eigenvalue weighted by molar-refractivity contribution is 7.31. The van der Waals surface area contributed by atoms with E-state index in [4.69, 9.17) is 19.5 Å². The van der Waals surface area contributed by atoms with Crippen LogP contribution in [0.5, 0.6) is 0 Å². The molecular formula is C47H50N8O6S2. The summed E-state index contributed by atoms with van der Waals surface area (Å²) in [6.07, 6.45) is 2.01. The number of rotatable bonds is 11. The lowest BCUT2D eigenvalue weighted by Gasteiger charge is -2.30. The van der Waals surface area contributed by atoms with E-state index >= 15 is 0 Å².